The van der Waals surface area contributed by atoms with E-state index < -0.39 is 18.5 Å². The summed E-state index contributed by atoms with van der Waals surface area (Å²) in [6.07, 6.45) is 0. The van der Waals surface area contributed by atoms with Gasteiger partial charge in [0, 0.05) is 6.54 Å². The molecule has 0 unspecified atom stereocenters. The summed E-state index contributed by atoms with van der Waals surface area (Å²) in [6.45, 7) is -0.426. The molecule has 0 aliphatic carbocycles. The van der Waals surface area contributed by atoms with Gasteiger partial charge in [-0.1, -0.05) is 30.3 Å². The van der Waals surface area contributed by atoms with Gasteiger partial charge < -0.3 is 14.8 Å². The molecule has 0 aromatic heterocycles. The Morgan fingerprint density at radius 3 is 2.35 bits per heavy atom. The fraction of sp³-hybridized carbons (Fsp3) is 0.176. The maximum Gasteiger partial charge on any atom is 0.344 e. The molecule has 5 nitrogen and oxygen atoms in total. The van der Waals surface area contributed by atoms with Crippen molar-refractivity contribution in [3.8, 4) is 5.75 Å². The highest BCUT2D eigenvalue weighted by Gasteiger charge is 2.08. The number of carbonyl (C=O) groups excluding carboxylic acids is 2. The van der Waals surface area contributed by atoms with Gasteiger partial charge in [-0.2, -0.15) is 0 Å². The first-order valence-corrected chi connectivity index (χ1v) is 6.98. The number of nitrogens with one attached hydrogen (secondary N) is 1. The van der Waals surface area contributed by atoms with Crippen molar-refractivity contribution in [1.29, 1.82) is 0 Å². The second-order valence-electron chi connectivity index (χ2n) is 4.67. The molecule has 0 saturated heterocycles. The average Bonchev–Trinajstić information content (AvgIpc) is 2.58. The molecular weight excluding hydrogens is 301 g/mol. The van der Waals surface area contributed by atoms with E-state index in [2.05, 4.69) is 5.32 Å². The molecule has 2 aromatic carbocycles. The highest BCUT2D eigenvalue weighted by molar-refractivity contribution is 5.80. The largest absolute Gasteiger partial charge is 0.482 e. The monoisotopic (exact) mass is 317 g/mol. The van der Waals surface area contributed by atoms with Crippen LogP contribution in [0, 0.1) is 5.82 Å². The molecule has 0 bridgehead atoms. The summed E-state index contributed by atoms with van der Waals surface area (Å²) in [5, 5.41) is 2.57. The van der Waals surface area contributed by atoms with Crippen molar-refractivity contribution in [3.05, 3.63) is 66.0 Å². The summed E-state index contributed by atoms with van der Waals surface area (Å²) >= 11 is 0. The lowest BCUT2D eigenvalue weighted by atomic mass is 10.2. The summed E-state index contributed by atoms with van der Waals surface area (Å²) < 4.78 is 22.7. The molecule has 2 aromatic rings. The van der Waals surface area contributed by atoms with Gasteiger partial charge in [0.2, 0.25) is 0 Å². The number of ether oxygens (including phenoxy) is 2. The van der Waals surface area contributed by atoms with E-state index in [1.54, 1.807) is 36.4 Å². The quantitative estimate of drug-likeness (QED) is 0.794. The zero-order chi connectivity index (χ0) is 16.5. The molecule has 0 aliphatic rings. The van der Waals surface area contributed by atoms with Crippen LogP contribution in [0.5, 0.6) is 5.75 Å². The van der Waals surface area contributed by atoms with Gasteiger partial charge >= 0.3 is 5.97 Å². The second-order valence-corrected chi connectivity index (χ2v) is 4.67. The molecule has 0 fully saturated rings. The predicted molar refractivity (Wildman–Crippen MR) is 81.1 cm³/mol. The third kappa shape index (κ3) is 6.17. The molecule has 0 radical (unpaired) electrons. The number of para-hydroxylation sites is 1. The molecule has 0 aliphatic heterocycles. The second kappa shape index (κ2) is 8.53. The van der Waals surface area contributed by atoms with Crippen LogP contribution >= 0.6 is 0 Å². The van der Waals surface area contributed by atoms with Crippen molar-refractivity contribution in [3.63, 3.8) is 0 Å². The third-order valence-electron chi connectivity index (χ3n) is 2.87. The molecule has 1 N–H and O–H groups in total. The Morgan fingerprint density at radius 1 is 0.957 bits per heavy atom. The number of esters is 1. The topological polar surface area (TPSA) is 64.6 Å². The van der Waals surface area contributed by atoms with E-state index in [4.69, 9.17) is 9.47 Å². The van der Waals surface area contributed by atoms with Crippen molar-refractivity contribution in [2.24, 2.45) is 0 Å². The first kappa shape index (κ1) is 16.5. The lowest BCUT2D eigenvalue weighted by Crippen LogP contribution is -2.29. The first-order valence-electron chi connectivity index (χ1n) is 6.98. The van der Waals surface area contributed by atoms with Gasteiger partial charge in [-0.05, 0) is 29.8 Å². The predicted octanol–water partition coefficient (Wildman–Crippen LogP) is 2.06. The summed E-state index contributed by atoms with van der Waals surface area (Å²) in [5.41, 5.74) is 0.749. The number of halogens is 1. The van der Waals surface area contributed by atoms with E-state index in [-0.39, 0.29) is 19.0 Å². The standard InChI is InChI=1S/C17H16FNO4/c18-14-8-6-13(7-9-14)10-19-16(20)11-23-17(21)12-22-15-4-2-1-3-5-15/h1-9H,10-12H2,(H,19,20). The Labute approximate surface area is 133 Å². The van der Waals surface area contributed by atoms with Crippen LogP contribution in [0.25, 0.3) is 0 Å². The van der Waals surface area contributed by atoms with Gasteiger partial charge in [0.25, 0.3) is 5.91 Å². The zero-order valence-corrected chi connectivity index (χ0v) is 12.3. The van der Waals surface area contributed by atoms with Crippen molar-refractivity contribution >= 4 is 11.9 Å². The van der Waals surface area contributed by atoms with Crippen LogP contribution in [0.4, 0.5) is 4.39 Å². The highest BCUT2D eigenvalue weighted by atomic mass is 19.1. The molecule has 23 heavy (non-hydrogen) atoms. The zero-order valence-electron chi connectivity index (χ0n) is 12.3. The highest BCUT2D eigenvalue weighted by Crippen LogP contribution is 2.07. The van der Waals surface area contributed by atoms with Gasteiger partial charge in [-0.3, -0.25) is 4.79 Å². The minimum absolute atomic E-state index is 0.233. The Kier molecular flexibility index (Phi) is 6.11. The maximum absolute atomic E-state index is 12.7. The van der Waals surface area contributed by atoms with E-state index in [0.29, 0.717) is 5.75 Å². The van der Waals surface area contributed by atoms with E-state index in [9.17, 15) is 14.0 Å². The van der Waals surface area contributed by atoms with Crippen molar-refractivity contribution in [2.75, 3.05) is 13.2 Å². The fourth-order valence-electron chi connectivity index (χ4n) is 1.70. The lowest BCUT2D eigenvalue weighted by Gasteiger charge is -2.08. The van der Waals surface area contributed by atoms with Gasteiger partial charge in [0.15, 0.2) is 13.2 Å². The molecule has 0 atom stereocenters. The summed E-state index contributed by atoms with van der Waals surface area (Å²) in [6, 6.07) is 14.6. The number of carbonyl (C=O) groups is 2. The Bertz CT molecular complexity index is 643. The van der Waals surface area contributed by atoms with Crippen molar-refractivity contribution in [2.45, 2.75) is 6.54 Å². The number of amides is 1. The van der Waals surface area contributed by atoms with Crippen molar-refractivity contribution in [1.82, 2.24) is 5.32 Å². The van der Waals surface area contributed by atoms with Gasteiger partial charge in [0.1, 0.15) is 11.6 Å². The van der Waals surface area contributed by atoms with Gasteiger partial charge in [-0.25, -0.2) is 9.18 Å². The molecule has 0 heterocycles. The average molecular weight is 317 g/mol. The Morgan fingerprint density at radius 2 is 1.65 bits per heavy atom. The minimum Gasteiger partial charge on any atom is -0.482 e. The number of hydrogen-bond donors (Lipinski definition) is 1. The Balaban J connectivity index is 1.63. The lowest BCUT2D eigenvalue weighted by molar-refractivity contribution is -0.150. The summed E-state index contributed by atoms with van der Waals surface area (Å²) in [4.78, 5) is 23.0. The molecular formula is C17H16FNO4. The third-order valence-corrected chi connectivity index (χ3v) is 2.87. The minimum atomic E-state index is -0.634. The fourth-order valence-corrected chi connectivity index (χ4v) is 1.70. The normalized spacial score (nSPS) is 9.96. The molecule has 2 rings (SSSR count). The van der Waals surface area contributed by atoms with E-state index in [0.717, 1.165) is 5.56 Å². The van der Waals surface area contributed by atoms with Crippen molar-refractivity contribution < 1.29 is 23.5 Å². The number of hydrogen-bond acceptors (Lipinski definition) is 4. The van der Waals surface area contributed by atoms with Crippen LogP contribution in [0.2, 0.25) is 0 Å². The molecule has 0 saturated carbocycles. The van der Waals surface area contributed by atoms with Gasteiger partial charge in [0.05, 0.1) is 0 Å². The molecule has 1 amide bonds. The number of rotatable bonds is 7. The summed E-state index contributed by atoms with van der Waals surface area (Å²) in [7, 11) is 0. The molecule has 120 valence electrons. The first-order chi connectivity index (χ1) is 11.1. The van der Waals surface area contributed by atoms with Gasteiger partial charge in [-0.15, -0.1) is 0 Å². The van der Waals surface area contributed by atoms with Crippen LogP contribution in [0.15, 0.2) is 54.6 Å². The van der Waals surface area contributed by atoms with Crippen LogP contribution in [-0.4, -0.2) is 25.1 Å². The Hall–Kier alpha value is -2.89. The van der Waals surface area contributed by atoms with E-state index in [1.807, 2.05) is 6.07 Å². The van der Waals surface area contributed by atoms with Crippen LogP contribution in [0.3, 0.4) is 0 Å². The molecule has 6 heteroatoms. The SMILES string of the molecule is O=C(COC(=O)COc1ccccc1)NCc1ccc(F)cc1. The van der Waals surface area contributed by atoms with Crippen LogP contribution in [0.1, 0.15) is 5.56 Å². The molecule has 0 spiro atoms. The van der Waals surface area contributed by atoms with E-state index in [1.165, 1.54) is 12.1 Å². The van der Waals surface area contributed by atoms with Crippen LogP contribution < -0.4 is 10.1 Å². The summed E-state index contributed by atoms with van der Waals surface area (Å²) in [5.74, 6) is -0.870. The van der Waals surface area contributed by atoms with E-state index >= 15 is 0 Å². The van der Waals surface area contributed by atoms with Crippen LogP contribution in [-0.2, 0) is 20.9 Å². The number of benzene rings is 2. The smallest absolute Gasteiger partial charge is 0.344 e. The maximum atomic E-state index is 12.7.